The standard InChI is InChI=1S/C15H16N2O3/c1-9(10(2)18)15-16-14(17-20-15)12-7-11-5-3-4-6-13(11)19-8-12/h3-6,9,12H,7-8H2,1-2H3. The zero-order valence-electron chi connectivity index (χ0n) is 11.5. The van der Waals surface area contributed by atoms with Gasteiger partial charge in [-0.05, 0) is 31.9 Å². The van der Waals surface area contributed by atoms with E-state index in [1.807, 2.05) is 24.3 Å². The fourth-order valence-electron chi connectivity index (χ4n) is 2.26. The lowest BCUT2D eigenvalue weighted by atomic mass is 9.96. The van der Waals surface area contributed by atoms with Crippen LogP contribution in [0.4, 0.5) is 0 Å². The van der Waals surface area contributed by atoms with Crippen molar-refractivity contribution in [3.05, 3.63) is 41.5 Å². The number of Topliss-reactive ketones (excluding diaryl/α,β-unsaturated/α-hetero) is 1. The Morgan fingerprint density at radius 1 is 1.40 bits per heavy atom. The van der Waals surface area contributed by atoms with E-state index < -0.39 is 0 Å². The Kier molecular flexibility index (Phi) is 3.26. The van der Waals surface area contributed by atoms with Gasteiger partial charge in [0, 0.05) is 0 Å². The average Bonchev–Trinajstić information content (AvgIpc) is 2.95. The van der Waals surface area contributed by atoms with Gasteiger partial charge in [-0.2, -0.15) is 4.98 Å². The highest BCUT2D eigenvalue weighted by Gasteiger charge is 2.27. The summed E-state index contributed by atoms with van der Waals surface area (Å²) in [5.74, 6) is 1.65. The minimum atomic E-state index is -0.354. The van der Waals surface area contributed by atoms with Gasteiger partial charge in [-0.1, -0.05) is 23.4 Å². The summed E-state index contributed by atoms with van der Waals surface area (Å²) in [5.41, 5.74) is 1.15. The summed E-state index contributed by atoms with van der Waals surface area (Å²) in [6.45, 7) is 3.82. The maximum atomic E-state index is 11.3. The molecule has 0 radical (unpaired) electrons. The van der Waals surface area contributed by atoms with Crippen LogP contribution in [0.2, 0.25) is 0 Å². The molecule has 2 heterocycles. The molecule has 0 amide bonds. The molecule has 1 aliphatic rings. The minimum Gasteiger partial charge on any atom is -0.493 e. The molecule has 0 saturated heterocycles. The second-order valence-electron chi connectivity index (χ2n) is 5.14. The summed E-state index contributed by atoms with van der Waals surface area (Å²) in [6.07, 6.45) is 0.823. The molecule has 0 saturated carbocycles. The Hall–Kier alpha value is -2.17. The van der Waals surface area contributed by atoms with E-state index in [9.17, 15) is 4.79 Å². The van der Waals surface area contributed by atoms with Crippen LogP contribution in [0.5, 0.6) is 5.75 Å². The Balaban J connectivity index is 1.80. The van der Waals surface area contributed by atoms with Crippen LogP contribution in [0.3, 0.4) is 0 Å². The lowest BCUT2D eigenvalue weighted by Gasteiger charge is -2.22. The van der Waals surface area contributed by atoms with E-state index in [0.717, 1.165) is 17.7 Å². The SMILES string of the molecule is CC(=O)C(C)c1nc(C2COc3ccccc3C2)no1. The molecule has 104 valence electrons. The van der Waals surface area contributed by atoms with E-state index in [1.54, 1.807) is 6.92 Å². The molecule has 5 nitrogen and oxygen atoms in total. The molecule has 2 unspecified atom stereocenters. The van der Waals surface area contributed by atoms with E-state index in [1.165, 1.54) is 6.92 Å². The van der Waals surface area contributed by atoms with E-state index in [4.69, 9.17) is 9.26 Å². The van der Waals surface area contributed by atoms with Crippen LogP contribution in [-0.4, -0.2) is 22.5 Å². The van der Waals surface area contributed by atoms with Crippen LogP contribution in [0.25, 0.3) is 0 Å². The normalized spacial score (nSPS) is 19.0. The van der Waals surface area contributed by atoms with Crippen molar-refractivity contribution in [2.24, 2.45) is 0 Å². The molecule has 5 heteroatoms. The van der Waals surface area contributed by atoms with E-state index in [2.05, 4.69) is 10.1 Å². The lowest BCUT2D eigenvalue weighted by Crippen LogP contribution is -2.20. The quantitative estimate of drug-likeness (QED) is 0.858. The molecule has 0 aliphatic carbocycles. The van der Waals surface area contributed by atoms with Crippen LogP contribution in [-0.2, 0) is 11.2 Å². The molecular formula is C15H16N2O3. The number of nitrogens with zero attached hydrogens (tertiary/aromatic N) is 2. The highest BCUT2D eigenvalue weighted by atomic mass is 16.5. The molecule has 1 aromatic carbocycles. The average molecular weight is 272 g/mol. The Bertz CT molecular complexity index is 636. The first-order valence-electron chi connectivity index (χ1n) is 6.70. The van der Waals surface area contributed by atoms with Crippen LogP contribution >= 0.6 is 0 Å². The molecule has 2 aromatic rings. The number of benzene rings is 1. The van der Waals surface area contributed by atoms with Gasteiger partial charge in [0.2, 0.25) is 5.89 Å². The van der Waals surface area contributed by atoms with Crippen LogP contribution in [0.1, 0.15) is 43.0 Å². The van der Waals surface area contributed by atoms with Crippen molar-refractivity contribution in [3.8, 4) is 5.75 Å². The van der Waals surface area contributed by atoms with Gasteiger partial charge in [-0.25, -0.2) is 0 Å². The number of aromatic nitrogens is 2. The van der Waals surface area contributed by atoms with Gasteiger partial charge in [0.05, 0.1) is 18.4 Å². The van der Waals surface area contributed by atoms with Crippen molar-refractivity contribution in [1.82, 2.24) is 10.1 Å². The lowest BCUT2D eigenvalue weighted by molar-refractivity contribution is -0.118. The first-order valence-corrected chi connectivity index (χ1v) is 6.70. The highest BCUT2D eigenvalue weighted by molar-refractivity contribution is 5.81. The van der Waals surface area contributed by atoms with Crippen molar-refractivity contribution in [3.63, 3.8) is 0 Å². The third-order valence-electron chi connectivity index (χ3n) is 3.68. The third kappa shape index (κ3) is 2.31. The molecule has 0 fully saturated rings. The van der Waals surface area contributed by atoms with Gasteiger partial charge in [-0.15, -0.1) is 0 Å². The predicted molar refractivity (Wildman–Crippen MR) is 71.8 cm³/mol. The largest absolute Gasteiger partial charge is 0.493 e. The first-order chi connectivity index (χ1) is 9.65. The molecule has 0 spiro atoms. The van der Waals surface area contributed by atoms with Crippen LogP contribution in [0, 0.1) is 0 Å². The second-order valence-corrected chi connectivity index (χ2v) is 5.14. The molecule has 1 aliphatic heterocycles. The molecule has 2 atom stereocenters. The smallest absolute Gasteiger partial charge is 0.236 e. The zero-order valence-corrected chi connectivity index (χ0v) is 11.5. The summed E-state index contributed by atoms with van der Waals surface area (Å²) in [7, 11) is 0. The molecule has 20 heavy (non-hydrogen) atoms. The summed E-state index contributed by atoms with van der Waals surface area (Å²) in [5, 5.41) is 4.00. The van der Waals surface area contributed by atoms with Gasteiger partial charge in [-0.3, -0.25) is 4.79 Å². The van der Waals surface area contributed by atoms with Crippen molar-refractivity contribution < 1.29 is 14.1 Å². The van der Waals surface area contributed by atoms with Crippen molar-refractivity contribution >= 4 is 5.78 Å². The van der Waals surface area contributed by atoms with Gasteiger partial charge in [0.15, 0.2) is 5.82 Å². The number of hydrogen-bond donors (Lipinski definition) is 0. The van der Waals surface area contributed by atoms with Gasteiger partial charge in [0.1, 0.15) is 11.5 Å². The maximum Gasteiger partial charge on any atom is 0.236 e. The molecule has 3 rings (SSSR count). The monoisotopic (exact) mass is 272 g/mol. The Morgan fingerprint density at radius 2 is 2.20 bits per heavy atom. The van der Waals surface area contributed by atoms with Gasteiger partial charge in [0.25, 0.3) is 0 Å². The number of rotatable bonds is 3. The van der Waals surface area contributed by atoms with Crippen LogP contribution < -0.4 is 4.74 Å². The second kappa shape index (κ2) is 5.07. The van der Waals surface area contributed by atoms with Gasteiger partial charge < -0.3 is 9.26 Å². The zero-order chi connectivity index (χ0) is 14.1. The Morgan fingerprint density at radius 3 is 3.00 bits per heavy atom. The fraction of sp³-hybridized carbons (Fsp3) is 0.400. The highest BCUT2D eigenvalue weighted by Crippen LogP contribution is 2.31. The molecule has 0 N–H and O–H groups in total. The predicted octanol–water partition coefficient (Wildman–Crippen LogP) is 2.48. The molecule has 0 bridgehead atoms. The fourth-order valence-corrected chi connectivity index (χ4v) is 2.26. The number of ketones is 1. The number of carbonyl (C=O) groups excluding carboxylic acids is 1. The van der Waals surface area contributed by atoms with E-state index >= 15 is 0 Å². The summed E-state index contributed by atoms with van der Waals surface area (Å²) in [4.78, 5) is 15.7. The van der Waals surface area contributed by atoms with E-state index in [0.29, 0.717) is 18.3 Å². The Labute approximate surface area is 116 Å². The topological polar surface area (TPSA) is 65.2 Å². The number of para-hydroxylation sites is 1. The number of fused-ring (bicyclic) bond motifs is 1. The number of carbonyl (C=O) groups is 1. The third-order valence-corrected chi connectivity index (χ3v) is 3.68. The summed E-state index contributed by atoms with van der Waals surface area (Å²) in [6, 6.07) is 7.95. The first kappa shape index (κ1) is 12.8. The van der Waals surface area contributed by atoms with Crippen molar-refractivity contribution in [2.75, 3.05) is 6.61 Å². The maximum absolute atomic E-state index is 11.3. The summed E-state index contributed by atoms with van der Waals surface area (Å²) >= 11 is 0. The molecule has 1 aromatic heterocycles. The number of ether oxygens (including phenoxy) is 1. The van der Waals surface area contributed by atoms with Crippen LogP contribution in [0.15, 0.2) is 28.8 Å². The van der Waals surface area contributed by atoms with Crippen molar-refractivity contribution in [2.45, 2.75) is 32.1 Å². The number of hydrogen-bond acceptors (Lipinski definition) is 5. The van der Waals surface area contributed by atoms with Gasteiger partial charge >= 0.3 is 0 Å². The summed E-state index contributed by atoms with van der Waals surface area (Å²) < 4.78 is 10.9. The molecular weight excluding hydrogens is 256 g/mol. The minimum absolute atomic E-state index is 0.0189. The van der Waals surface area contributed by atoms with Crippen molar-refractivity contribution in [1.29, 1.82) is 0 Å². The van der Waals surface area contributed by atoms with E-state index in [-0.39, 0.29) is 17.6 Å².